The lowest BCUT2D eigenvalue weighted by Gasteiger charge is -2.20. The molecule has 142 valence electrons. The molecule has 1 atom stereocenters. The van der Waals surface area contributed by atoms with E-state index < -0.39 is 6.04 Å². The standard InChI is InChI=1S/C22H26N2O3/c1-14-7-5-8-18(12-14)27-10-6-9-24-21-16(3)11-15(2)13-19(21)20(22(24)26)23-17(4)25/h5,7-8,11-13,20H,6,9-10H2,1-4H3,(H,23,25). The van der Waals surface area contributed by atoms with Crippen LogP contribution in [0, 0.1) is 20.8 Å². The Hall–Kier alpha value is -2.82. The maximum absolute atomic E-state index is 12.9. The first kappa shape index (κ1) is 19.0. The van der Waals surface area contributed by atoms with Gasteiger partial charge in [0.15, 0.2) is 0 Å². The first-order valence-corrected chi connectivity index (χ1v) is 9.26. The lowest BCUT2D eigenvalue weighted by molar-refractivity contribution is -0.126. The molecule has 1 aliphatic heterocycles. The van der Waals surface area contributed by atoms with E-state index in [-0.39, 0.29) is 11.8 Å². The van der Waals surface area contributed by atoms with Gasteiger partial charge in [0.05, 0.1) is 12.3 Å². The lowest BCUT2D eigenvalue weighted by atomic mass is 10.0. The van der Waals surface area contributed by atoms with Crippen LogP contribution in [-0.4, -0.2) is 25.0 Å². The molecular formula is C22H26N2O3. The number of hydrogen-bond donors (Lipinski definition) is 1. The third-order valence-electron chi connectivity index (χ3n) is 4.70. The van der Waals surface area contributed by atoms with E-state index in [1.165, 1.54) is 6.92 Å². The van der Waals surface area contributed by atoms with Gasteiger partial charge in [-0.05, 0) is 50.5 Å². The van der Waals surface area contributed by atoms with Crippen LogP contribution in [0.5, 0.6) is 5.75 Å². The highest BCUT2D eigenvalue weighted by Gasteiger charge is 2.38. The maximum atomic E-state index is 12.9. The second-order valence-corrected chi connectivity index (χ2v) is 7.16. The van der Waals surface area contributed by atoms with Gasteiger partial charge in [-0.1, -0.05) is 29.8 Å². The van der Waals surface area contributed by atoms with E-state index in [0.29, 0.717) is 19.6 Å². The van der Waals surface area contributed by atoms with Crippen LogP contribution in [0.3, 0.4) is 0 Å². The molecule has 1 heterocycles. The van der Waals surface area contributed by atoms with Crippen molar-refractivity contribution in [2.75, 3.05) is 18.1 Å². The van der Waals surface area contributed by atoms with Gasteiger partial charge in [0.2, 0.25) is 5.91 Å². The number of anilines is 1. The summed E-state index contributed by atoms with van der Waals surface area (Å²) in [5.41, 5.74) is 5.08. The van der Waals surface area contributed by atoms with Gasteiger partial charge < -0.3 is 15.0 Å². The van der Waals surface area contributed by atoms with Crippen molar-refractivity contribution in [2.24, 2.45) is 0 Å². The minimum atomic E-state index is -0.603. The van der Waals surface area contributed by atoms with Gasteiger partial charge in [-0.2, -0.15) is 0 Å². The van der Waals surface area contributed by atoms with Gasteiger partial charge >= 0.3 is 0 Å². The van der Waals surface area contributed by atoms with Gasteiger partial charge in [0, 0.05) is 19.0 Å². The van der Waals surface area contributed by atoms with Crippen molar-refractivity contribution in [3.05, 3.63) is 58.7 Å². The fraction of sp³-hybridized carbons (Fsp3) is 0.364. The van der Waals surface area contributed by atoms with Crippen LogP contribution in [-0.2, 0) is 9.59 Å². The van der Waals surface area contributed by atoms with E-state index in [4.69, 9.17) is 4.74 Å². The van der Waals surface area contributed by atoms with Crippen molar-refractivity contribution in [1.29, 1.82) is 0 Å². The zero-order valence-electron chi connectivity index (χ0n) is 16.3. The predicted molar refractivity (Wildman–Crippen MR) is 106 cm³/mol. The van der Waals surface area contributed by atoms with Crippen LogP contribution in [0.15, 0.2) is 36.4 Å². The number of nitrogens with one attached hydrogen (secondary N) is 1. The Morgan fingerprint density at radius 3 is 2.63 bits per heavy atom. The summed E-state index contributed by atoms with van der Waals surface area (Å²) >= 11 is 0. The zero-order valence-corrected chi connectivity index (χ0v) is 16.3. The van der Waals surface area contributed by atoms with Crippen molar-refractivity contribution in [3.63, 3.8) is 0 Å². The molecule has 2 amide bonds. The molecular weight excluding hydrogens is 340 g/mol. The summed E-state index contributed by atoms with van der Waals surface area (Å²) in [6, 6.07) is 11.4. The number of amides is 2. The van der Waals surface area contributed by atoms with Crippen molar-refractivity contribution in [2.45, 2.75) is 40.2 Å². The van der Waals surface area contributed by atoms with Crippen molar-refractivity contribution in [1.82, 2.24) is 5.32 Å². The van der Waals surface area contributed by atoms with Crippen molar-refractivity contribution >= 4 is 17.5 Å². The van der Waals surface area contributed by atoms with Crippen LogP contribution in [0.1, 0.15) is 41.6 Å². The van der Waals surface area contributed by atoms with Gasteiger partial charge in [0.1, 0.15) is 11.8 Å². The summed E-state index contributed by atoms with van der Waals surface area (Å²) in [6.07, 6.45) is 0.708. The topological polar surface area (TPSA) is 58.6 Å². The fourth-order valence-electron chi connectivity index (χ4n) is 3.66. The Balaban J connectivity index is 1.72. The molecule has 27 heavy (non-hydrogen) atoms. The fourth-order valence-corrected chi connectivity index (χ4v) is 3.66. The maximum Gasteiger partial charge on any atom is 0.254 e. The Morgan fingerprint density at radius 2 is 1.93 bits per heavy atom. The molecule has 1 aliphatic rings. The van der Waals surface area contributed by atoms with E-state index in [2.05, 4.69) is 11.4 Å². The number of carbonyl (C=O) groups is 2. The Morgan fingerprint density at radius 1 is 1.15 bits per heavy atom. The average Bonchev–Trinajstić information content (AvgIpc) is 2.84. The quantitative estimate of drug-likeness (QED) is 0.795. The van der Waals surface area contributed by atoms with E-state index >= 15 is 0 Å². The summed E-state index contributed by atoms with van der Waals surface area (Å²) < 4.78 is 5.80. The van der Waals surface area contributed by atoms with Gasteiger partial charge in [0.25, 0.3) is 5.91 Å². The van der Waals surface area contributed by atoms with E-state index in [9.17, 15) is 9.59 Å². The molecule has 5 nitrogen and oxygen atoms in total. The molecule has 0 fully saturated rings. The molecule has 0 aliphatic carbocycles. The number of ether oxygens (including phenoxy) is 1. The third-order valence-corrected chi connectivity index (χ3v) is 4.70. The summed E-state index contributed by atoms with van der Waals surface area (Å²) in [4.78, 5) is 26.3. The molecule has 2 aromatic carbocycles. The van der Waals surface area contributed by atoms with Crippen LogP contribution in [0.25, 0.3) is 0 Å². The second kappa shape index (κ2) is 7.82. The number of nitrogens with zero attached hydrogens (tertiary/aromatic N) is 1. The normalized spacial score (nSPS) is 15.6. The first-order chi connectivity index (χ1) is 12.9. The highest BCUT2D eigenvalue weighted by Crippen LogP contribution is 2.39. The molecule has 0 radical (unpaired) electrons. The molecule has 1 unspecified atom stereocenters. The molecule has 1 N–H and O–H groups in total. The second-order valence-electron chi connectivity index (χ2n) is 7.16. The molecule has 0 saturated heterocycles. The molecule has 0 aromatic heterocycles. The molecule has 0 bridgehead atoms. The number of hydrogen-bond acceptors (Lipinski definition) is 3. The smallest absolute Gasteiger partial charge is 0.254 e. The Bertz CT molecular complexity index is 876. The van der Waals surface area contributed by atoms with Crippen LogP contribution >= 0.6 is 0 Å². The number of fused-ring (bicyclic) bond motifs is 1. The number of benzene rings is 2. The SMILES string of the molecule is CC(=O)NC1C(=O)N(CCCOc2cccc(C)c2)c2c(C)cc(C)cc21. The molecule has 5 heteroatoms. The molecule has 0 spiro atoms. The van der Waals surface area contributed by atoms with E-state index in [1.54, 1.807) is 4.90 Å². The van der Waals surface area contributed by atoms with Crippen molar-refractivity contribution in [3.8, 4) is 5.75 Å². The first-order valence-electron chi connectivity index (χ1n) is 9.26. The number of aryl methyl sites for hydroxylation is 3. The molecule has 3 rings (SSSR count). The summed E-state index contributed by atoms with van der Waals surface area (Å²) in [6.45, 7) is 8.55. The summed E-state index contributed by atoms with van der Waals surface area (Å²) in [5.74, 6) is 0.554. The van der Waals surface area contributed by atoms with Gasteiger partial charge in [-0.15, -0.1) is 0 Å². The third kappa shape index (κ3) is 4.13. The van der Waals surface area contributed by atoms with Gasteiger partial charge in [-0.25, -0.2) is 0 Å². The van der Waals surface area contributed by atoms with Crippen LogP contribution in [0.2, 0.25) is 0 Å². The monoisotopic (exact) mass is 366 g/mol. The Labute approximate surface area is 160 Å². The van der Waals surface area contributed by atoms with E-state index in [1.807, 2.05) is 51.1 Å². The highest BCUT2D eigenvalue weighted by atomic mass is 16.5. The minimum absolute atomic E-state index is 0.0792. The summed E-state index contributed by atoms with van der Waals surface area (Å²) in [7, 11) is 0. The molecule has 2 aromatic rings. The molecule has 0 saturated carbocycles. The Kier molecular flexibility index (Phi) is 5.49. The highest BCUT2D eigenvalue weighted by molar-refractivity contribution is 6.06. The number of rotatable bonds is 6. The van der Waals surface area contributed by atoms with Crippen molar-refractivity contribution < 1.29 is 14.3 Å². The predicted octanol–water partition coefficient (Wildman–Crippen LogP) is 3.60. The van der Waals surface area contributed by atoms with Crippen LogP contribution < -0.4 is 15.0 Å². The average molecular weight is 366 g/mol. The van der Waals surface area contributed by atoms with Gasteiger partial charge in [-0.3, -0.25) is 9.59 Å². The lowest BCUT2D eigenvalue weighted by Crippen LogP contribution is -2.37. The zero-order chi connectivity index (χ0) is 19.6. The van der Waals surface area contributed by atoms with E-state index in [0.717, 1.165) is 33.7 Å². The number of carbonyl (C=O) groups excluding carboxylic acids is 2. The summed E-state index contributed by atoms with van der Waals surface area (Å²) in [5, 5.41) is 2.79. The largest absolute Gasteiger partial charge is 0.494 e. The minimum Gasteiger partial charge on any atom is -0.494 e. The van der Waals surface area contributed by atoms with Crippen LogP contribution in [0.4, 0.5) is 5.69 Å².